The number of carbonyl (C=O) groups excluding carboxylic acids is 3. The summed E-state index contributed by atoms with van der Waals surface area (Å²) in [7, 11) is 2.12. The maximum atomic E-state index is 15.4. The lowest BCUT2D eigenvalue weighted by Gasteiger charge is -2.43. The van der Waals surface area contributed by atoms with Crippen molar-refractivity contribution < 1.29 is 18.8 Å². The number of anilines is 2. The molecule has 4 fully saturated rings. The number of rotatable bonds is 10. The van der Waals surface area contributed by atoms with Gasteiger partial charge in [-0.1, -0.05) is 18.2 Å². The van der Waals surface area contributed by atoms with Crippen molar-refractivity contribution in [1.82, 2.24) is 39.8 Å². The molecule has 3 aromatic heterocycles. The molecule has 1 unspecified atom stereocenters. The van der Waals surface area contributed by atoms with E-state index in [4.69, 9.17) is 4.98 Å². The van der Waals surface area contributed by atoms with Gasteiger partial charge < -0.3 is 19.7 Å². The highest BCUT2D eigenvalue weighted by molar-refractivity contribution is 6.01. The third-order valence-electron chi connectivity index (χ3n) is 14.4. The summed E-state index contributed by atoms with van der Waals surface area (Å²) in [5, 5.41) is 14.9. The molecule has 64 heavy (non-hydrogen) atoms. The maximum absolute atomic E-state index is 15.4. The van der Waals surface area contributed by atoms with Crippen molar-refractivity contribution in [3.8, 4) is 11.1 Å². The second-order valence-electron chi connectivity index (χ2n) is 18.5. The van der Waals surface area contributed by atoms with E-state index in [9.17, 15) is 14.4 Å². The molecule has 0 spiro atoms. The van der Waals surface area contributed by atoms with Gasteiger partial charge in [-0.15, -0.1) is 0 Å². The van der Waals surface area contributed by atoms with Gasteiger partial charge >= 0.3 is 0 Å². The standard InChI is InChI=1S/C50H57FN10O3/c1-32-29-61(46-11-8-39(26-43(46)51)54-45-10-12-47(62)55-49(45)63)24-23-60(32)30-33-14-21-59(22-15-33)50(64)36-5-3-34(4-6-36)35-16-19-58(20-17-35)31-40-27-42-41(13-18-52-48(42)57(40)2)37-7-9-44-38(25-37)28-53-56-44/h3-9,11,13,18,25-28,32-33,35,45,54H,10,12,14-17,19-24,29-31H2,1-2H3,(H,53,56)(H,55,62,63)/t32-,45?/m1/s1. The van der Waals surface area contributed by atoms with Gasteiger partial charge in [-0.25, -0.2) is 9.37 Å². The van der Waals surface area contributed by atoms with Crippen LogP contribution in [-0.4, -0.2) is 117 Å². The first-order chi connectivity index (χ1) is 31.1. The van der Waals surface area contributed by atoms with Crippen LogP contribution < -0.4 is 15.5 Å². The van der Waals surface area contributed by atoms with E-state index in [2.05, 4.69) is 96.5 Å². The molecule has 3 amide bonds. The summed E-state index contributed by atoms with van der Waals surface area (Å²) in [6.07, 6.45) is 8.55. The van der Waals surface area contributed by atoms with Crippen LogP contribution in [0.4, 0.5) is 15.8 Å². The third-order valence-corrected chi connectivity index (χ3v) is 14.4. The Hall–Kier alpha value is -6.12. The fraction of sp³-hybridized carbons (Fsp3) is 0.420. The minimum Gasteiger partial charge on any atom is -0.374 e. The molecule has 4 aliphatic heterocycles. The van der Waals surface area contributed by atoms with Gasteiger partial charge in [0.2, 0.25) is 11.8 Å². The Labute approximate surface area is 373 Å². The zero-order chi connectivity index (χ0) is 43.9. The molecular formula is C50H57FN10O3. The largest absolute Gasteiger partial charge is 0.374 e. The van der Waals surface area contributed by atoms with Crippen LogP contribution in [0.1, 0.15) is 73.0 Å². The molecule has 14 heteroatoms. The minimum atomic E-state index is -0.553. The average molecular weight is 865 g/mol. The number of piperazine rings is 1. The number of aryl methyl sites for hydroxylation is 1. The molecular weight excluding hydrogens is 808 g/mol. The SMILES string of the molecule is C[C@@H]1CN(c2ccc(NC3CCC(=O)NC3=O)cc2F)CCN1CC1CCN(C(=O)c2ccc(C3CCN(Cc4cc5c(-c6ccc7[nH]ncc7c6)ccnc5n4C)CC3)cc2)CC1. The lowest BCUT2D eigenvalue weighted by atomic mass is 9.88. The zero-order valence-corrected chi connectivity index (χ0v) is 36.7. The number of imide groups is 1. The molecule has 0 aliphatic carbocycles. The number of benzene rings is 3. The number of nitrogens with zero attached hydrogens (tertiary/aromatic N) is 7. The fourth-order valence-electron chi connectivity index (χ4n) is 10.5. The van der Waals surface area contributed by atoms with Crippen LogP contribution in [0.25, 0.3) is 33.1 Å². The van der Waals surface area contributed by atoms with Gasteiger partial charge in [0.15, 0.2) is 0 Å². The number of amides is 3. The number of halogens is 1. The molecule has 0 bridgehead atoms. The molecule has 332 valence electrons. The molecule has 3 aromatic carbocycles. The van der Waals surface area contributed by atoms with Crippen LogP contribution in [0.5, 0.6) is 0 Å². The quantitative estimate of drug-likeness (QED) is 0.126. The highest BCUT2D eigenvalue weighted by atomic mass is 19.1. The summed E-state index contributed by atoms with van der Waals surface area (Å²) in [4.78, 5) is 51.3. The van der Waals surface area contributed by atoms with E-state index in [1.54, 1.807) is 12.1 Å². The van der Waals surface area contributed by atoms with Crippen LogP contribution in [0, 0.1) is 11.7 Å². The Bertz CT molecular complexity index is 2680. The first-order valence-corrected chi connectivity index (χ1v) is 23.0. The number of aromatic nitrogens is 4. The number of carbonyl (C=O) groups is 3. The second-order valence-corrected chi connectivity index (χ2v) is 18.5. The summed E-state index contributed by atoms with van der Waals surface area (Å²) in [5.74, 6) is 0.138. The van der Waals surface area contributed by atoms with Gasteiger partial charge in [0.05, 0.1) is 17.4 Å². The first-order valence-electron chi connectivity index (χ1n) is 23.0. The predicted molar refractivity (Wildman–Crippen MR) is 248 cm³/mol. The zero-order valence-electron chi connectivity index (χ0n) is 36.7. The van der Waals surface area contributed by atoms with Gasteiger partial charge in [0.1, 0.15) is 17.5 Å². The number of piperidine rings is 3. The Balaban J connectivity index is 0.672. The lowest BCUT2D eigenvalue weighted by molar-refractivity contribution is -0.133. The number of H-pyrrole nitrogens is 1. The molecule has 0 saturated carbocycles. The minimum absolute atomic E-state index is 0.122. The van der Waals surface area contributed by atoms with Gasteiger partial charge in [0.25, 0.3) is 5.91 Å². The second kappa shape index (κ2) is 17.8. The monoisotopic (exact) mass is 864 g/mol. The van der Waals surface area contributed by atoms with Crippen molar-refractivity contribution >= 4 is 51.0 Å². The molecule has 13 nitrogen and oxygen atoms in total. The molecule has 7 heterocycles. The van der Waals surface area contributed by atoms with Gasteiger partial charge in [-0.2, -0.15) is 5.10 Å². The smallest absolute Gasteiger partial charge is 0.253 e. The molecule has 4 saturated heterocycles. The van der Waals surface area contributed by atoms with Crippen molar-refractivity contribution in [1.29, 1.82) is 0 Å². The Morgan fingerprint density at radius 3 is 2.47 bits per heavy atom. The predicted octanol–water partition coefficient (Wildman–Crippen LogP) is 6.92. The van der Waals surface area contributed by atoms with Crippen molar-refractivity contribution in [2.45, 2.75) is 70.0 Å². The molecule has 0 radical (unpaired) electrons. The van der Waals surface area contributed by atoms with Gasteiger partial charge in [-0.3, -0.25) is 34.6 Å². The van der Waals surface area contributed by atoms with E-state index >= 15 is 4.39 Å². The summed E-state index contributed by atoms with van der Waals surface area (Å²) < 4.78 is 17.6. The van der Waals surface area contributed by atoms with Crippen molar-refractivity contribution in [3.05, 3.63) is 108 Å². The normalized spacial score (nSPS) is 20.9. The number of aromatic amines is 1. The maximum Gasteiger partial charge on any atom is 0.253 e. The fourth-order valence-corrected chi connectivity index (χ4v) is 10.5. The van der Waals surface area contributed by atoms with Crippen molar-refractivity contribution in [2.24, 2.45) is 13.0 Å². The first kappa shape index (κ1) is 41.9. The summed E-state index contributed by atoms with van der Waals surface area (Å²) >= 11 is 0. The molecule has 2 atom stereocenters. The van der Waals surface area contributed by atoms with Crippen LogP contribution in [-0.2, 0) is 23.2 Å². The van der Waals surface area contributed by atoms with E-state index in [0.29, 0.717) is 29.6 Å². The van der Waals surface area contributed by atoms with E-state index in [1.165, 1.54) is 28.3 Å². The van der Waals surface area contributed by atoms with E-state index in [0.717, 1.165) is 112 Å². The van der Waals surface area contributed by atoms with Crippen molar-refractivity contribution in [2.75, 3.05) is 62.6 Å². The number of nitrogens with one attached hydrogen (secondary N) is 3. The van der Waals surface area contributed by atoms with Crippen LogP contribution in [0.2, 0.25) is 0 Å². The Morgan fingerprint density at radius 1 is 0.891 bits per heavy atom. The van der Waals surface area contributed by atoms with Crippen LogP contribution in [0.3, 0.4) is 0 Å². The molecule has 3 N–H and O–H groups in total. The average Bonchev–Trinajstić information content (AvgIpc) is 3.92. The third kappa shape index (κ3) is 8.60. The van der Waals surface area contributed by atoms with Crippen LogP contribution in [0.15, 0.2) is 85.2 Å². The lowest BCUT2D eigenvalue weighted by Crippen LogP contribution is -2.54. The summed E-state index contributed by atoms with van der Waals surface area (Å²) in [6, 6.07) is 24.0. The topological polar surface area (TPSA) is 135 Å². The van der Waals surface area contributed by atoms with E-state index in [1.807, 2.05) is 29.4 Å². The van der Waals surface area contributed by atoms with E-state index in [-0.39, 0.29) is 36.0 Å². The number of hydrogen-bond donors (Lipinski definition) is 3. The number of pyridine rings is 1. The Kier molecular flexibility index (Phi) is 11.6. The van der Waals surface area contributed by atoms with Crippen LogP contribution >= 0.6 is 0 Å². The molecule has 4 aliphatic rings. The van der Waals surface area contributed by atoms with Crippen molar-refractivity contribution in [3.63, 3.8) is 0 Å². The highest BCUT2D eigenvalue weighted by Gasteiger charge is 2.31. The molecule has 6 aromatic rings. The van der Waals surface area contributed by atoms with Gasteiger partial charge in [0, 0.05) is 99.2 Å². The van der Waals surface area contributed by atoms with Gasteiger partial charge in [-0.05, 0) is 135 Å². The number of fused-ring (bicyclic) bond motifs is 2. The number of likely N-dealkylation sites (tertiary alicyclic amines) is 2. The Morgan fingerprint density at radius 2 is 1.70 bits per heavy atom. The summed E-state index contributed by atoms with van der Waals surface area (Å²) in [5.41, 5.74) is 8.82. The number of hydrogen-bond acceptors (Lipinski definition) is 9. The highest BCUT2D eigenvalue weighted by Crippen LogP contribution is 2.34. The molecule has 10 rings (SSSR count). The van der Waals surface area contributed by atoms with E-state index < -0.39 is 6.04 Å². The summed E-state index contributed by atoms with van der Waals surface area (Å²) in [6.45, 7) is 9.92.